The molecule has 27 heavy (non-hydrogen) atoms. The van der Waals surface area contributed by atoms with Gasteiger partial charge in [-0.1, -0.05) is 23.7 Å². The Bertz CT molecular complexity index is 883. The van der Waals surface area contributed by atoms with E-state index < -0.39 is 10.0 Å². The molecule has 1 fully saturated rings. The number of nitrogens with one attached hydrogen (secondary N) is 1. The average molecular weight is 413 g/mol. The lowest BCUT2D eigenvalue weighted by molar-refractivity contribution is 0.123. The number of ether oxygens (including phenoxy) is 1. The molecule has 0 aliphatic carbocycles. The molecule has 0 spiro atoms. The number of sulfonamides is 1. The molecule has 1 aliphatic heterocycles. The Hall–Kier alpha value is -1.61. The lowest BCUT2D eigenvalue weighted by atomic mass is 9.85. The van der Waals surface area contributed by atoms with Gasteiger partial charge < -0.3 is 9.30 Å². The van der Waals surface area contributed by atoms with Gasteiger partial charge in [0.05, 0.1) is 13.4 Å². The lowest BCUT2D eigenvalue weighted by Gasteiger charge is -2.39. The van der Waals surface area contributed by atoms with Crippen LogP contribution in [0.4, 0.5) is 0 Å². The molecule has 2 aromatic rings. The van der Waals surface area contributed by atoms with Crippen LogP contribution in [0.15, 0.2) is 35.6 Å². The third-order valence-electron chi connectivity index (χ3n) is 5.09. The summed E-state index contributed by atoms with van der Waals surface area (Å²) in [6, 6.07) is 8.09. The van der Waals surface area contributed by atoms with Crippen LogP contribution in [-0.2, 0) is 17.1 Å². The molecule has 0 radical (unpaired) electrons. The number of hydrogen-bond donors (Lipinski definition) is 1. The first kappa shape index (κ1) is 20.1. The standard InChI is InChI=1S/C18H25ClN4O3S/c1-22-10-4-5-14(16(22)13-6-8-15(26-3)9-7-13)11-21-27(24,25)18-17(19)23(2)12-20-18/h6-9,12,14,16,21H,4-5,10-11H2,1-3H3. The first-order chi connectivity index (χ1) is 12.8. The molecule has 1 aromatic heterocycles. The molecule has 2 atom stereocenters. The Morgan fingerprint density at radius 1 is 1.30 bits per heavy atom. The fourth-order valence-electron chi connectivity index (χ4n) is 3.66. The first-order valence-electron chi connectivity index (χ1n) is 8.84. The molecule has 0 saturated carbocycles. The molecule has 7 nitrogen and oxygen atoms in total. The van der Waals surface area contributed by atoms with Crippen molar-refractivity contribution in [2.75, 3.05) is 27.2 Å². The highest BCUT2D eigenvalue weighted by molar-refractivity contribution is 7.89. The summed E-state index contributed by atoms with van der Waals surface area (Å²) in [5.41, 5.74) is 1.15. The predicted octanol–water partition coefficient (Wildman–Crippen LogP) is 2.44. The number of methoxy groups -OCH3 is 1. The van der Waals surface area contributed by atoms with Gasteiger partial charge in [0.15, 0.2) is 0 Å². The van der Waals surface area contributed by atoms with Crippen LogP contribution in [0.25, 0.3) is 0 Å². The maximum Gasteiger partial charge on any atom is 0.261 e. The molecular weight excluding hydrogens is 388 g/mol. The van der Waals surface area contributed by atoms with Crippen molar-refractivity contribution in [3.63, 3.8) is 0 Å². The van der Waals surface area contributed by atoms with Gasteiger partial charge >= 0.3 is 0 Å². The van der Waals surface area contributed by atoms with E-state index >= 15 is 0 Å². The first-order valence-corrected chi connectivity index (χ1v) is 10.7. The number of nitrogens with zero attached hydrogens (tertiary/aromatic N) is 3. The SMILES string of the molecule is COc1ccc(C2C(CNS(=O)(=O)c3ncn(C)c3Cl)CCCN2C)cc1. The van der Waals surface area contributed by atoms with E-state index in [4.69, 9.17) is 16.3 Å². The van der Waals surface area contributed by atoms with Gasteiger partial charge in [-0.3, -0.25) is 4.90 Å². The second kappa shape index (κ2) is 8.18. The number of rotatable bonds is 6. The molecule has 0 amide bonds. The second-order valence-electron chi connectivity index (χ2n) is 6.90. The predicted molar refractivity (Wildman–Crippen MR) is 104 cm³/mol. The quantitative estimate of drug-likeness (QED) is 0.788. The van der Waals surface area contributed by atoms with Gasteiger partial charge in [0.1, 0.15) is 10.9 Å². The number of piperidine rings is 1. The summed E-state index contributed by atoms with van der Waals surface area (Å²) >= 11 is 6.05. The maximum atomic E-state index is 12.6. The van der Waals surface area contributed by atoms with Crippen molar-refractivity contribution in [1.29, 1.82) is 0 Å². The molecule has 3 rings (SSSR count). The zero-order valence-electron chi connectivity index (χ0n) is 15.7. The Morgan fingerprint density at radius 3 is 2.59 bits per heavy atom. The zero-order valence-corrected chi connectivity index (χ0v) is 17.3. The van der Waals surface area contributed by atoms with Gasteiger partial charge in [-0.2, -0.15) is 0 Å². The number of hydrogen-bond acceptors (Lipinski definition) is 5. The van der Waals surface area contributed by atoms with Gasteiger partial charge in [0, 0.05) is 19.6 Å². The number of likely N-dealkylation sites (tertiary alicyclic amines) is 1. The minimum atomic E-state index is -3.76. The fraction of sp³-hybridized carbons (Fsp3) is 0.500. The van der Waals surface area contributed by atoms with Gasteiger partial charge in [0.25, 0.3) is 10.0 Å². The summed E-state index contributed by atoms with van der Waals surface area (Å²) in [7, 11) is 1.62. The summed E-state index contributed by atoms with van der Waals surface area (Å²) in [5, 5.41) is -0.0215. The van der Waals surface area contributed by atoms with E-state index in [0.29, 0.717) is 6.54 Å². The van der Waals surface area contributed by atoms with Crippen molar-refractivity contribution in [3.05, 3.63) is 41.3 Å². The lowest BCUT2D eigenvalue weighted by Crippen LogP contribution is -2.41. The third kappa shape index (κ3) is 4.29. The van der Waals surface area contributed by atoms with Gasteiger partial charge in [-0.25, -0.2) is 18.1 Å². The van der Waals surface area contributed by atoms with E-state index in [1.165, 1.54) is 10.9 Å². The van der Waals surface area contributed by atoms with Gasteiger partial charge in [-0.15, -0.1) is 0 Å². The number of halogens is 1. The second-order valence-corrected chi connectivity index (χ2v) is 8.94. The normalized spacial score (nSPS) is 21.3. The summed E-state index contributed by atoms with van der Waals surface area (Å²) < 4.78 is 34.6. The van der Waals surface area contributed by atoms with Gasteiger partial charge in [0.2, 0.25) is 5.03 Å². The Labute approximate surface area is 165 Å². The van der Waals surface area contributed by atoms with Crippen LogP contribution in [-0.4, -0.2) is 50.1 Å². The van der Waals surface area contributed by atoms with Crippen LogP contribution >= 0.6 is 11.6 Å². The molecule has 1 N–H and O–H groups in total. The molecule has 1 aromatic carbocycles. The Kier molecular flexibility index (Phi) is 6.10. The van der Waals surface area contributed by atoms with E-state index in [9.17, 15) is 8.42 Å². The molecule has 2 heterocycles. The maximum absolute atomic E-state index is 12.6. The topological polar surface area (TPSA) is 76.5 Å². The van der Waals surface area contributed by atoms with E-state index in [1.54, 1.807) is 14.2 Å². The largest absolute Gasteiger partial charge is 0.497 e. The van der Waals surface area contributed by atoms with Crippen LogP contribution in [0.3, 0.4) is 0 Å². The Morgan fingerprint density at radius 2 is 2.00 bits per heavy atom. The smallest absolute Gasteiger partial charge is 0.261 e. The van der Waals surface area contributed by atoms with E-state index in [0.717, 1.165) is 30.7 Å². The van der Waals surface area contributed by atoms with Crippen LogP contribution in [0.2, 0.25) is 5.15 Å². The van der Waals surface area contributed by atoms with E-state index in [2.05, 4.69) is 21.7 Å². The van der Waals surface area contributed by atoms with Crippen LogP contribution in [0.1, 0.15) is 24.4 Å². The summed E-state index contributed by atoms with van der Waals surface area (Å²) in [5.74, 6) is 0.952. The minimum Gasteiger partial charge on any atom is -0.497 e. The van der Waals surface area contributed by atoms with Crippen LogP contribution < -0.4 is 9.46 Å². The molecule has 1 saturated heterocycles. The fourth-order valence-corrected chi connectivity index (χ4v) is 5.18. The highest BCUT2D eigenvalue weighted by atomic mass is 35.5. The minimum absolute atomic E-state index is 0.106. The average Bonchev–Trinajstić information content (AvgIpc) is 3.00. The zero-order chi connectivity index (χ0) is 19.6. The molecular formula is C18H25ClN4O3S. The molecule has 1 aliphatic rings. The number of aromatic nitrogens is 2. The van der Waals surface area contributed by atoms with Crippen LogP contribution in [0, 0.1) is 5.92 Å². The Balaban J connectivity index is 1.78. The summed E-state index contributed by atoms with van der Waals surface area (Å²) in [6.45, 7) is 1.31. The molecule has 9 heteroatoms. The third-order valence-corrected chi connectivity index (χ3v) is 7.00. The van der Waals surface area contributed by atoms with Crippen molar-refractivity contribution < 1.29 is 13.2 Å². The number of imidazole rings is 1. The van der Waals surface area contributed by atoms with Crippen LogP contribution in [0.5, 0.6) is 5.75 Å². The molecule has 148 valence electrons. The van der Waals surface area contributed by atoms with Gasteiger partial charge in [-0.05, 0) is 50.0 Å². The van der Waals surface area contributed by atoms with Crippen molar-refractivity contribution in [3.8, 4) is 5.75 Å². The number of aryl methyl sites for hydroxylation is 1. The van der Waals surface area contributed by atoms with Crippen molar-refractivity contribution in [2.45, 2.75) is 23.9 Å². The highest BCUT2D eigenvalue weighted by Gasteiger charge is 2.32. The highest BCUT2D eigenvalue weighted by Crippen LogP contribution is 2.35. The summed E-state index contributed by atoms with van der Waals surface area (Å²) in [6.07, 6.45) is 3.37. The van der Waals surface area contributed by atoms with E-state index in [1.807, 2.05) is 24.3 Å². The van der Waals surface area contributed by atoms with E-state index in [-0.39, 0.29) is 22.1 Å². The number of benzene rings is 1. The van der Waals surface area contributed by atoms with Crippen molar-refractivity contribution in [2.24, 2.45) is 13.0 Å². The molecule has 0 bridgehead atoms. The monoisotopic (exact) mass is 412 g/mol. The molecule has 2 unspecified atom stereocenters. The van der Waals surface area contributed by atoms with Crippen molar-refractivity contribution in [1.82, 2.24) is 19.2 Å². The van der Waals surface area contributed by atoms with Crippen molar-refractivity contribution >= 4 is 21.6 Å². The summed E-state index contributed by atoms with van der Waals surface area (Å²) in [4.78, 5) is 6.19.